The van der Waals surface area contributed by atoms with Crippen molar-refractivity contribution in [2.45, 2.75) is 6.92 Å². The highest BCUT2D eigenvalue weighted by atomic mass is 35.5. The number of nitrogens with zero attached hydrogens (tertiary/aromatic N) is 1. The molecule has 0 aliphatic carbocycles. The molecule has 0 saturated heterocycles. The molecule has 0 fully saturated rings. The lowest BCUT2D eigenvalue weighted by atomic mass is 10.0. The van der Waals surface area contributed by atoms with Gasteiger partial charge in [-0.05, 0) is 60.0 Å². The number of nitriles is 1. The highest BCUT2D eigenvalue weighted by molar-refractivity contribution is 6.31. The molecule has 0 saturated carbocycles. The molecule has 0 radical (unpaired) electrons. The van der Waals surface area contributed by atoms with E-state index in [9.17, 15) is 10.1 Å². The van der Waals surface area contributed by atoms with E-state index in [2.05, 4.69) is 6.07 Å². The van der Waals surface area contributed by atoms with Gasteiger partial charge in [-0.25, -0.2) is 4.79 Å². The van der Waals surface area contributed by atoms with Gasteiger partial charge in [-0.2, -0.15) is 5.26 Å². The summed E-state index contributed by atoms with van der Waals surface area (Å²) in [6, 6.07) is 21.8. The molecule has 0 amide bonds. The molecule has 0 spiro atoms. The second-order valence-electron chi connectivity index (χ2n) is 6.62. The molecule has 0 bridgehead atoms. The van der Waals surface area contributed by atoms with E-state index in [1.54, 1.807) is 42.5 Å². The van der Waals surface area contributed by atoms with Crippen LogP contribution in [-0.2, 0) is 4.79 Å². The number of carbonyl (C=O) groups excluding carboxylic acids is 1. The Morgan fingerprint density at radius 1 is 1.06 bits per heavy atom. The predicted molar refractivity (Wildman–Crippen MR) is 120 cm³/mol. The van der Waals surface area contributed by atoms with Crippen LogP contribution in [-0.4, -0.2) is 19.7 Å². The van der Waals surface area contributed by atoms with E-state index in [0.717, 1.165) is 16.7 Å². The van der Waals surface area contributed by atoms with E-state index in [1.807, 2.05) is 37.3 Å². The number of rotatable bonds is 7. The first-order chi connectivity index (χ1) is 15.0. The van der Waals surface area contributed by atoms with E-state index >= 15 is 0 Å². The fraction of sp³-hybridized carbons (Fsp3) is 0.120. The normalized spacial score (nSPS) is 10.8. The van der Waals surface area contributed by atoms with Crippen molar-refractivity contribution < 1.29 is 19.0 Å². The molecule has 0 aliphatic heterocycles. The van der Waals surface area contributed by atoms with Gasteiger partial charge in [-0.3, -0.25) is 0 Å². The molecule has 3 rings (SSSR count). The van der Waals surface area contributed by atoms with Crippen molar-refractivity contribution in [2.75, 3.05) is 13.7 Å². The third kappa shape index (κ3) is 5.88. The SMILES string of the molecule is COc1cc(C=C(C#N)c2ccccc2)ccc1OC(=O)COc1ccc(Cl)c(C)c1. The zero-order chi connectivity index (χ0) is 22.2. The summed E-state index contributed by atoms with van der Waals surface area (Å²) >= 11 is 5.99. The van der Waals surface area contributed by atoms with Crippen LogP contribution >= 0.6 is 11.6 Å². The van der Waals surface area contributed by atoms with Crippen molar-refractivity contribution >= 4 is 29.2 Å². The van der Waals surface area contributed by atoms with Gasteiger partial charge < -0.3 is 14.2 Å². The molecular formula is C25H20ClNO4. The zero-order valence-electron chi connectivity index (χ0n) is 17.1. The molecule has 3 aromatic carbocycles. The van der Waals surface area contributed by atoms with Gasteiger partial charge >= 0.3 is 5.97 Å². The molecule has 6 heteroatoms. The van der Waals surface area contributed by atoms with Crippen molar-refractivity contribution in [1.82, 2.24) is 0 Å². The highest BCUT2D eigenvalue weighted by Crippen LogP contribution is 2.30. The number of allylic oxidation sites excluding steroid dienone is 1. The Bertz CT molecular complexity index is 1150. The quantitative estimate of drug-likeness (QED) is 0.207. The van der Waals surface area contributed by atoms with E-state index in [1.165, 1.54) is 7.11 Å². The van der Waals surface area contributed by atoms with Crippen molar-refractivity contribution in [3.63, 3.8) is 0 Å². The Labute approximate surface area is 186 Å². The number of aryl methyl sites for hydroxylation is 1. The Morgan fingerprint density at radius 3 is 2.52 bits per heavy atom. The van der Waals surface area contributed by atoms with Gasteiger partial charge in [0.1, 0.15) is 5.75 Å². The molecular weight excluding hydrogens is 414 g/mol. The van der Waals surface area contributed by atoms with Gasteiger partial charge in [0, 0.05) is 5.02 Å². The number of methoxy groups -OCH3 is 1. The predicted octanol–water partition coefficient (Wildman–Crippen LogP) is 5.71. The average molecular weight is 434 g/mol. The number of benzene rings is 3. The van der Waals surface area contributed by atoms with Crippen molar-refractivity contribution in [3.8, 4) is 23.3 Å². The first-order valence-electron chi connectivity index (χ1n) is 9.45. The second kappa shape index (κ2) is 10.3. The van der Waals surface area contributed by atoms with E-state index in [4.69, 9.17) is 25.8 Å². The Hall–Kier alpha value is -3.75. The van der Waals surface area contributed by atoms with E-state index in [-0.39, 0.29) is 12.4 Å². The summed E-state index contributed by atoms with van der Waals surface area (Å²) in [7, 11) is 1.48. The van der Waals surface area contributed by atoms with Gasteiger partial charge in [0.25, 0.3) is 0 Å². The fourth-order valence-electron chi connectivity index (χ4n) is 2.82. The van der Waals surface area contributed by atoms with Crippen LogP contribution in [0.1, 0.15) is 16.7 Å². The molecule has 0 unspecified atom stereocenters. The van der Waals surface area contributed by atoms with Gasteiger partial charge in [0.2, 0.25) is 0 Å². The summed E-state index contributed by atoms with van der Waals surface area (Å²) in [5, 5.41) is 10.1. The van der Waals surface area contributed by atoms with Crippen LogP contribution in [0.15, 0.2) is 66.7 Å². The van der Waals surface area contributed by atoms with Crippen LogP contribution in [0.4, 0.5) is 0 Å². The Kier molecular flexibility index (Phi) is 7.31. The number of hydrogen-bond donors (Lipinski definition) is 0. The first kappa shape index (κ1) is 21.9. The summed E-state index contributed by atoms with van der Waals surface area (Å²) in [5.74, 6) is 0.584. The lowest BCUT2D eigenvalue weighted by molar-refractivity contribution is -0.136. The van der Waals surface area contributed by atoms with Crippen LogP contribution in [0.2, 0.25) is 5.02 Å². The molecule has 5 nitrogen and oxygen atoms in total. The summed E-state index contributed by atoms with van der Waals surface area (Å²) in [4.78, 5) is 12.2. The third-order valence-corrected chi connectivity index (χ3v) is 4.84. The molecule has 0 atom stereocenters. The van der Waals surface area contributed by atoms with Crippen LogP contribution < -0.4 is 14.2 Å². The number of halogens is 1. The first-order valence-corrected chi connectivity index (χ1v) is 9.83. The van der Waals surface area contributed by atoms with Gasteiger partial charge in [-0.15, -0.1) is 0 Å². The second-order valence-corrected chi connectivity index (χ2v) is 7.03. The van der Waals surface area contributed by atoms with Crippen LogP contribution in [0.3, 0.4) is 0 Å². The lowest BCUT2D eigenvalue weighted by Gasteiger charge is -2.11. The average Bonchev–Trinajstić information content (AvgIpc) is 2.79. The topological polar surface area (TPSA) is 68.5 Å². The zero-order valence-corrected chi connectivity index (χ0v) is 17.8. The maximum atomic E-state index is 12.2. The largest absolute Gasteiger partial charge is 0.493 e. The summed E-state index contributed by atoms with van der Waals surface area (Å²) in [5.41, 5.74) is 2.92. The van der Waals surface area contributed by atoms with Gasteiger partial charge in [0.15, 0.2) is 18.1 Å². The minimum absolute atomic E-state index is 0.263. The number of hydrogen-bond acceptors (Lipinski definition) is 5. The van der Waals surface area contributed by atoms with E-state index in [0.29, 0.717) is 22.1 Å². The maximum Gasteiger partial charge on any atom is 0.349 e. The number of ether oxygens (including phenoxy) is 3. The third-order valence-electron chi connectivity index (χ3n) is 4.41. The maximum absolute atomic E-state index is 12.2. The molecule has 0 N–H and O–H groups in total. The van der Waals surface area contributed by atoms with Crippen LogP contribution in [0.25, 0.3) is 11.6 Å². The van der Waals surface area contributed by atoms with Gasteiger partial charge in [0.05, 0.1) is 18.8 Å². The monoisotopic (exact) mass is 433 g/mol. The van der Waals surface area contributed by atoms with Crippen LogP contribution in [0.5, 0.6) is 17.2 Å². The minimum atomic E-state index is -0.573. The van der Waals surface area contributed by atoms with Crippen LogP contribution in [0, 0.1) is 18.3 Å². The summed E-state index contributed by atoms with van der Waals surface area (Å²) < 4.78 is 16.2. The smallest absolute Gasteiger partial charge is 0.349 e. The summed E-state index contributed by atoms with van der Waals surface area (Å²) in [6.07, 6.45) is 1.75. The highest BCUT2D eigenvalue weighted by Gasteiger charge is 2.12. The standard InChI is InChI=1S/C25H20ClNO4/c1-17-12-21(9-10-22(17)26)30-16-25(28)31-23-11-8-18(14-24(23)29-2)13-20(15-27)19-6-4-3-5-7-19/h3-14H,16H2,1-2H3. The molecule has 31 heavy (non-hydrogen) atoms. The minimum Gasteiger partial charge on any atom is -0.493 e. The fourth-order valence-corrected chi connectivity index (χ4v) is 2.94. The molecule has 156 valence electrons. The molecule has 0 heterocycles. The molecule has 0 aliphatic rings. The van der Waals surface area contributed by atoms with E-state index < -0.39 is 5.97 Å². The van der Waals surface area contributed by atoms with Gasteiger partial charge in [-0.1, -0.05) is 48.0 Å². The number of esters is 1. The Morgan fingerprint density at radius 2 is 1.84 bits per heavy atom. The van der Waals surface area contributed by atoms with Crippen molar-refractivity contribution in [1.29, 1.82) is 5.26 Å². The lowest BCUT2D eigenvalue weighted by Crippen LogP contribution is -2.18. The molecule has 3 aromatic rings. The van der Waals surface area contributed by atoms with Crippen molar-refractivity contribution in [3.05, 3.63) is 88.4 Å². The van der Waals surface area contributed by atoms with Crippen molar-refractivity contribution in [2.24, 2.45) is 0 Å². The summed E-state index contributed by atoms with van der Waals surface area (Å²) in [6.45, 7) is 1.59. The number of carbonyl (C=O) groups is 1. The Balaban J connectivity index is 1.71. The molecule has 0 aromatic heterocycles.